The summed E-state index contributed by atoms with van der Waals surface area (Å²) in [7, 11) is -4.14. The minimum Gasteiger partial charge on any atom is -0.478 e. The number of aliphatic carboxylic acids is 1. The fourth-order valence-corrected chi connectivity index (χ4v) is 3.60. The number of nitrogens with two attached hydrogens (primary N) is 1. The van der Waals surface area contributed by atoms with Gasteiger partial charge in [-0.3, -0.25) is 5.32 Å². The van der Waals surface area contributed by atoms with E-state index in [9.17, 15) is 18.3 Å². The summed E-state index contributed by atoms with van der Waals surface area (Å²) < 4.78 is 30.3. The van der Waals surface area contributed by atoms with E-state index in [1.165, 1.54) is 12.2 Å². The molecule has 0 fully saturated rings. The van der Waals surface area contributed by atoms with Crippen molar-refractivity contribution in [1.29, 1.82) is 0 Å². The molecule has 1 aliphatic rings. The predicted octanol–water partition coefficient (Wildman–Crippen LogP) is 1.39. The number of carboxylic acids is 1. The minimum absolute atomic E-state index is 0.149. The maximum Gasteiger partial charge on any atom is 0.335 e. The number of rotatable bonds is 8. The van der Waals surface area contributed by atoms with Gasteiger partial charge in [-0.2, -0.15) is 0 Å². The predicted molar refractivity (Wildman–Crippen MR) is 94.5 cm³/mol. The van der Waals surface area contributed by atoms with Crippen molar-refractivity contribution in [3.05, 3.63) is 54.1 Å². The van der Waals surface area contributed by atoms with Crippen LogP contribution in [0.25, 0.3) is 0 Å². The number of carboxylic acid groups (broad SMARTS) is 1. The molecule has 25 heavy (non-hydrogen) atoms. The molecule has 8 heteroatoms. The fourth-order valence-electron chi connectivity index (χ4n) is 2.56. The zero-order chi connectivity index (χ0) is 18.5. The summed E-state index contributed by atoms with van der Waals surface area (Å²) in [6.07, 6.45) is 5.54. The van der Waals surface area contributed by atoms with Crippen LogP contribution >= 0.6 is 0 Å². The second-order valence-electron chi connectivity index (χ2n) is 5.76. The molecule has 0 aromatic heterocycles. The number of para-hydroxylation sites is 1. The quantitative estimate of drug-likeness (QED) is 0.472. The van der Waals surface area contributed by atoms with Crippen LogP contribution in [0.15, 0.2) is 54.1 Å². The lowest BCUT2D eigenvalue weighted by Gasteiger charge is -2.38. The van der Waals surface area contributed by atoms with E-state index >= 15 is 0 Å². The first-order valence-corrected chi connectivity index (χ1v) is 9.54. The second-order valence-corrected chi connectivity index (χ2v) is 7.44. The van der Waals surface area contributed by atoms with Crippen LogP contribution < -0.4 is 15.2 Å². The van der Waals surface area contributed by atoms with E-state index in [0.29, 0.717) is 12.3 Å². The van der Waals surface area contributed by atoms with Crippen molar-refractivity contribution in [1.82, 2.24) is 5.32 Å². The molecule has 0 bridgehead atoms. The average Bonchev–Trinajstić information content (AvgIpc) is 2.55. The van der Waals surface area contributed by atoms with Crippen LogP contribution in [0.2, 0.25) is 0 Å². The van der Waals surface area contributed by atoms with E-state index in [2.05, 4.69) is 5.32 Å². The maximum absolute atomic E-state index is 12.2. The lowest BCUT2D eigenvalue weighted by Crippen LogP contribution is -2.61. The SMILES string of the molecule is CCCCNC1(Oc2ccccc2)C=CC(C(=O)O)=CC1S(N)(=O)=O. The van der Waals surface area contributed by atoms with Gasteiger partial charge in [-0.05, 0) is 43.3 Å². The number of unbranched alkanes of at least 4 members (excludes halogenated alkanes) is 1. The Bertz CT molecular complexity index is 773. The highest BCUT2D eigenvalue weighted by atomic mass is 32.2. The van der Waals surface area contributed by atoms with E-state index in [4.69, 9.17) is 9.88 Å². The molecule has 1 aromatic rings. The van der Waals surface area contributed by atoms with Crippen molar-refractivity contribution >= 4 is 16.0 Å². The molecular formula is C17H22N2O5S. The summed E-state index contributed by atoms with van der Waals surface area (Å²) in [4.78, 5) is 11.2. The first-order valence-electron chi connectivity index (χ1n) is 7.93. The Balaban J connectivity index is 2.47. The zero-order valence-corrected chi connectivity index (χ0v) is 14.7. The summed E-state index contributed by atoms with van der Waals surface area (Å²) in [5, 5.41) is 16.3. The first-order chi connectivity index (χ1) is 11.8. The van der Waals surface area contributed by atoms with Gasteiger partial charge >= 0.3 is 5.97 Å². The summed E-state index contributed by atoms with van der Waals surface area (Å²) in [6.45, 7) is 2.48. The molecule has 0 saturated heterocycles. The van der Waals surface area contributed by atoms with E-state index in [1.54, 1.807) is 30.3 Å². The van der Waals surface area contributed by atoms with Crippen LogP contribution in [0, 0.1) is 0 Å². The number of hydrogen-bond donors (Lipinski definition) is 3. The molecule has 1 aromatic carbocycles. The molecule has 2 unspecified atom stereocenters. The highest BCUT2D eigenvalue weighted by molar-refractivity contribution is 7.90. The van der Waals surface area contributed by atoms with Crippen molar-refractivity contribution in [2.24, 2.45) is 5.14 Å². The molecule has 0 saturated carbocycles. The molecule has 0 amide bonds. The maximum atomic E-state index is 12.2. The largest absolute Gasteiger partial charge is 0.478 e. The van der Waals surface area contributed by atoms with Gasteiger partial charge in [0, 0.05) is 0 Å². The highest BCUT2D eigenvalue weighted by Gasteiger charge is 2.46. The molecule has 1 aliphatic carbocycles. The topological polar surface area (TPSA) is 119 Å². The van der Waals surface area contributed by atoms with Crippen molar-refractivity contribution < 1.29 is 23.1 Å². The van der Waals surface area contributed by atoms with Crippen molar-refractivity contribution in [3.8, 4) is 5.75 Å². The number of ether oxygens (including phenoxy) is 1. The molecule has 0 spiro atoms. The Labute approximate surface area is 147 Å². The number of hydrogen-bond acceptors (Lipinski definition) is 5. The van der Waals surface area contributed by atoms with Crippen LogP contribution in [-0.2, 0) is 14.8 Å². The van der Waals surface area contributed by atoms with Gasteiger partial charge in [-0.1, -0.05) is 31.5 Å². The number of primary sulfonamides is 1. The third-order valence-electron chi connectivity index (χ3n) is 3.83. The monoisotopic (exact) mass is 366 g/mol. The molecule has 0 radical (unpaired) electrons. The van der Waals surface area contributed by atoms with Gasteiger partial charge < -0.3 is 9.84 Å². The first kappa shape index (κ1) is 19.2. The van der Waals surface area contributed by atoms with Crippen LogP contribution in [0.3, 0.4) is 0 Å². The molecule has 0 aliphatic heterocycles. The Morgan fingerprint density at radius 2 is 2.04 bits per heavy atom. The van der Waals surface area contributed by atoms with Gasteiger partial charge in [0.05, 0.1) is 5.57 Å². The Morgan fingerprint density at radius 1 is 1.36 bits per heavy atom. The second kappa shape index (κ2) is 7.81. The third-order valence-corrected chi connectivity index (χ3v) is 5.02. The third kappa shape index (κ3) is 4.68. The number of nitrogens with one attached hydrogen (secondary N) is 1. The summed E-state index contributed by atoms with van der Waals surface area (Å²) in [5.74, 6) is -0.788. The van der Waals surface area contributed by atoms with Crippen molar-refractivity contribution in [3.63, 3.8) is 0 Å². The summed E-state index contributed by atoms with van der Waals surface area (Å²) in [6, 6.07) is 8.69. The van der Waals surface area contributed by atoms with Gasteiger partial charge in [0.1, 0.15) is 5.75 Å². The van der Waals surface area contributed by atoms with Crippen LogP contribution in [-0.4, -0.2) is 37.0 Å². The zero-order valence-electron chi connectivity index (χ0n) is 13.9. The number of benzene rings is 1. The number of sulfonamides is 1. The van der Waals surface area contributed by atoms with Crippen molar-refractivity contribution in [2.45, 2.75) is 30.7 Å². The van der Waals surface area contributed by atoms with E-state index in [0.717, 1.165) is 18.9 Å². The highest BCUT2D eigenvalue weighted by Crippen LogP contribution is 2.29. The Morgan fingerprint density at radius 3 is 2.60 bits per heavy atom. The van der Waals surface area contributed by atoms with Crippen molar-refractivity contribution in [2.75, 3.05) is 6.54 Å². The lowest BCUT2D eigenvalue weighted by atomic mass is 9.98. The van der Waals surface area contributed by atoms with Gasteiger partial charge in [0.2, 0.25) is 15.7 Å². The summed E-state index contributed by atoms with van der Waals surface area (Å²) >= 11 is 0. The van der Waals surface area contributed by atoms with Crippen LogP contribution in [0.5, 0.6) is 5.75 Å². The molecule has 4 N–H and O–H groups in total. The molecule has 0 heterocycles. The van der Waals surface area contributed by atoms with Crippen LogP contribution in [0.1, 0.15) is 19.8 Å². The van der Waals surface area contributed by atoms with Gasteiger partial charge in [0.15, 0.2) is 5.25 Å². The van der Waals surface area contributed by atoms with Gasteiger partial charge in [-0.15, -0.1) is 0 Å². The lowest BCUT2D eigenvalue weighted by molar-refractivity contribution is -0.132. The normalized spacial score (nSPS) is 23.1. The fraction of sp³-hybridized carbons (Fsp3) is 0.353. The van der Waals surface area contributed by atoms with Crippen LogP contribution in [0.4, 0.5) is 0 Å². The van der Waals surface area contributed by atoms with E-state index in [-0.39, 0.29) is 5.57 Å². The smallest absolute Gasteiger partial charge is 0.335 e. The molecule has 7 nitrogen and oxygen atoms in total. The Kier molecular flexibility index (Phi) is 5.99. The molecule has 136 valence electrons. The number of carbonyl (C=O) groups is 1. The minimum atomic E-state index is -4.14. The van der Waals surface area contributed by atoms with E-state index < -0.39 is 27.0 Å². The Hall–Kier alpha value is -2.16. The standard InChI is InChI=1S/C17H22N2O5S/c1-2-3-11-19-17(24-14-7-5-4-6-8-14)10-9-13(16(20)21)12-15(17)25(18,22)23/h4-10,12,15,19H,2-3,11H2,1H3,(H,20,21)(H2,18,22,23). The molecule has 2 rings (SSSR count). The average molecular weight is 366 g/mol. The molecule has 2 atom stereocenters. The molecular weight excluding hydrogens is 344 g/mol. The van der Waals surface area contributed by atoms with Gasteiger partial charge in [-0.25, -0.2) is 18.4 Å². The van der Waals surface area contributed by atoms with Gasteiger partial charge in [0.25, 0.3) is 0 Å². The summed E-state index contributed by atoms with van der Waals surface area (Å²) in [5.41, 5.74) is -1.63. The van der Waals surface area contributed by atoms with E-state index in [1.807, 2.05) is 6.92 Å².